The average molecular weight is 367 g/mol. The van der Waals surface area contributed by atoms with E-state index >= 15 is 0 Å². The Morgan fingerprint density at radius 2 is 1.55 bits per heavy atom. The number of halogens is 1. The summed E-state index contributed by atoms with van der Waals surface area (Å²) in [5, 5.41) is 4.89. The third-order valence-corrected chi connectivity index (χ3v) is 4.45. The summed E-state index contributed by atoms with van der Waals surface area (Å²) in [6, 6.07) is 16.8. The number of aromatic nitrogens is 2. The largest absolute Gasteiger partial charge is 0.307 e. The van der Waals surface area contributed by atoms with Gasteiger partial charge in [0.05, 0.1) is 0 Å². The molecule has 0 saturated heterocycles. The van der Waals surface area contributed by atoms with Gasteiger partial charge in [-0.25, -0.2) is 4.98 Å². The maximum atomic E-state index is 4.57. The summed E-state index contributed by atoms with van der Waals surface area (Å²) in [6.45, 7) is 0. The number of nitrogens with zero attached hydrogens (tertiary/aromatic N) is 2. The minimum atomic E-state index is 0.956. The summed E-state index contributed by atoms with van der Waals surface area (Å²) in [5.74, 6) is 0.956. The van der Waals surface area contributed by atoms with Gasteiger partial charge in [0.15, 0.2) is 0 Å². The first-order chi connectivity index (χ1) is 9.81. The molecule has 0 N–H and O–H groups in total. The Morgan fingerprint density at radius 1 is 0.850 bits per heavy atom. The van der Waals surface area contributed by atoms with Crippen molar-refractivity contribution in [2.75, 3.05) is 0 Å². The van der Waals surface area contributed by atoms with E-state index in [1.54, 1.807) is 0 Å². The molecular formula is C17H11IN2. The van der Waals surface area contributed by atoms with Crippen LogP contribution in [0.4, 0.5) is 0 Å². The highest BCUT2D eigenvalue weighted by Gasteiger charge is 2.04. The number of rotatable bonds is 1. The fourth-order valence-corrected chi connectivity index (χ4v) is 3.15. The molecule has 0 saturated carbocycles. The van der Waals surface area contributed by atoms with Crippen LogP contribution in [0.5, 0.6) is 0 Å². The molecule has 0 aliphatic heterocycles. The molecule has 3 heteroatoms. The standard InChI is InChI=1S/C17H11IN2/c18-16-7-3-6-12-9-19-17(8-15(12)16)20-10-13-4-1-2-5-14(13)11-20/h1-11H/i18-3. The molecule has 96 valence electrons. The molecule has 0 aliphatic carbocycles. The Hall–Kier alpha value is -1.88. The lowest BCUT2D eigenvalue weighted by Gasteiger charge is -2.05. The van der Waals surface area contributed by atoms with Crippen molar-refractivity contribution in [3.63, 3.8) is 0 Å². The predicted molar refractivity (Wildman–Crippen MR) is 91.3 cm³/mol. The van der Waals surface area contributed by atoms with E-state index in [4.69, 9.17) is 0 Å². The number of hydrogen-bond donors (Lipinski definition) is 0. The van der Waals surface area contributed by atoms with Crippen molar-refractivity contribution in [1.29, 1.82) is 0 Å². The van der Waals surface area contributed by atoms with Crippen LogP contribution in [0.15, 0.2) is 67.1 Å². The first kappa shape index (κ1) is 11.9. The molecule has 4 aromatic rings. The first-order valence-corrected chi connectivity index (χ1v) is 7.50. The van der Waals surface area contributed by atoms with E-state index < -0.39 is 0 Å². The molecule has 20 heavy (non-hydrogen) atoms. The summed E-state index contributed by atoms with van der Waals surface area (Å²) in [6.07, 6.45) is 6.19. The van der Waals surface area contributed by atoms with E-state index in [1.807, 2.05) is 6.20 Å². The molecule has 0 spiro atoms. The lowest BCUT2D eigenvalue weighted by molar-refractivity contribution is 1.02. The SMILES string of the molecule is [124I]c1cccc2cnc(-n3cc4ccccc4c3)cc12. The monoisotopic (exact) mass is 367 g/mol. The quantitative estimate of drug-likeness (QED) is 0.443. The maximum Gasteiger partial charge on any atom is 0.137 e. The van der Waals surface area contributed by atoms with Gasteiger partial charge in [0.25, 0.3) is 0 Å². The Morgan fingerprint density at radius 3 is 2.30 bits per heavy atom. The van der Waals surface area contributed by atoms with Gasteiger partial charge in [-0.05, 0) is 45.5 Å². The van der Waals surface area contributed by atoms with Crippen LogP contribution in [0.3, 0.4) is 0 Å². The van der Waals surface area contributed by atoms with Crippen LogP contribution in [0, 0.1) is 3.57 Å². The zero-order chi connectivity index (χ0) is 13.5. The number of benzene rings is 2. The third kappa shape index (κ3) is 1.89. The Labute approximate surface area is 130 Å². The molecule has 0 bridgehead atoms. The fourth-order valence-electron chi connectivity index (χ4n) is 2.48. The van der Waals surface area contributed by atoms with E-state index in [2.05, 4.69) is 93.1 Å². The second-order valence-corrected chi connectivity index (χ2v) is 5.96. The smallest absolute Gasteiger partial charge is 0.137 e. The van der Waals surface area contributed by atoms with Gasteiger partial charge in [-0.15, -0.1) is 0 Å². The number of fused-ring (bicyclic) bond motifs is 2. The van der Waals surface area contributed by atoms with Crippen molar-refractivity contribution >= 4 is 44.1 Å². The Kier molecular flexibility index (Phi) is 2.73. The highest BCUT2D eigenvalue weighted by Crippen LogP contribution is 2.23. The second-order valence-electron chi connectivity index (χ2n) is 4.80. The van der Waals surface area contributed by atoms with Crippen molar-refractivity contribution in [2.24, 2.45) is 0 Å². The van der Waals surface area contributed by atoms with E-state index in [1.165, 1.54) is 25.1 Å². The van der Waals surface area contributed by atoms with Gasteiger partial charge < -0.3 is 4.57 Å². The van der Waals surface area contributed by atoms with Gasteiger partial charge in [0.2, 0.25) is 0 Å². The third-order valence-electron chi connectivity index (χ3n) is 3.51. The molecule has 2 heterocycles. The van der Waals surface area contributed by atoms with Crippen LogP contribution in [0.2, 0.25) is 0 Å². The van der Waals surface area contributed by atoms with Crippen LogP contribution in [-0.2, 0) is 0 Å². The second kappa shape index (κ2) is 4.59. The maximum absolute atomic E-state index is 4.57. The number of pyridine rings is 1. The Bertz CT molecular complexity index is 891. The van der Waals surface area contributed by atoms with Gasteiger partial charge in [-0.3, -0.25) is 0 Å². The van der Waals surface area contributed by atoms with E-state index in [0.29, 0.717) is 0 Å². The van der Waals surface area contributed by atoms with Gasteiger partial charge >= 0.3 is 0 Å². The highest BCUT2D eigenvalue weighted by molar-refractivity contribution is 14.1. The molecule has 0 fully saturated rings. The Balaban J connectivity index is 1.95. The lowest BCUT2D eigenvalue weighted by atomic mass is 10.2. The number of hydrogen-bond acceptors (Lipinski definition) is 1. The van der Waals surface area contributed by atoms with Gasteiger partial charge in [0.1, 0.15) is 5.82 Å². The molecule has 2 nitrogen and oxygen atoms in total. The highest BCUT2D eigenvalue weighted by atomic mass is 124. The first-order valence-electron chi connectivity index (χ1n) is 6.43. The molecule has 0 radical (unpaired) electrons. The molecule has 4 rings (SSSR count). The van der Waals surface area contributed by atoms with Crippen LogP contribution >= 0.6 is 22.6 Å². The summed E-state index contributed by atoms with van der Waals surface area (Å²) in [5.41, 5.74) is 0. The molecule has 0 amide bonds. The van der Waals surface area contributed by atoms with Crippen molar-refractivity contribution in [3.8, 4) is 5.82 Å². The molecule has 0 atom stereocenters. The normalized spacial score (nSPS) is 11.2. The van der Waals surface area contributed by atoms with Crippen molar-refractivity contribution < 1.29 is 0 Å². The predicted octanol–water partition coefficient (Wildman–Crippen LogP) is 4.78. The summed E-state index contributed by atoms with van der Waals surface area (Å²) in [7, 11) is 0. The van der Waals surface area contributed by atoms with E-state index in [-0.39, 0.29) is 0 Å². The minimum absolute atomic E-state index is 0.956. The van der Waals surface area contributed by atoms with Gasteiger partial charge in [0, 0.05) is 32.9 Å². The van der Waals surface area contributed by atoms with Crippen LogP contribution in [-0.4, -0.2) is 9.55 Å². The van der Waals surface area contributed by atoms with E-state index in [0.717, 1.165) is 5.82 Å². The van der Waals surface area contributed by atoms with Crippen molar-refractivity contribution in [1.82, 2.24) is 9.55 Å². The molecule has 2 aromatic carbocycles. The van der Waals surface area contributed by atoms with Crippen molar-refractivity contribution in [2.45, 2.75) is 0 Å². The molecule has 2 aromatic heterocycles. The molecule has 0 aliphatic rings. The topological polar surface area (TPSA) is 17.8 Å². The van der Waals surface area contributed by atoms with Crippen LogP contribution < -0.4 is 0 Å². The van der Waals surface area contributed by atoms with Crippen LogP contribution in [0.25, 0.3) is 27.4 Å². The molecule has 0 unspecified atom stereocenters. The lowest BCUT2D eigenvalue weighted by Crippen LogP contribution is -1.94. The average Bonchev–Trinajstić information content (AvgIpc) is 2.91. The summed E-state index contributed by atoms with van der Waals surface area (Å²) < 4.78 is 3.34. The van der Waals surface area contributed by atoms with Gasteiger partial charge in [-0.2, -0.15) is 0 Å². The van der Waals surface area contributed by atoms with Crippen LogP contribution in [0.1, 0.15) is 0 Å². The zero-order valence-electron chi connectivity index (χ0n) is 10.6. The minimum Gasteiger partial charge on any atom is -0.307 e. The summed E-state index contributed by atoms with van der Waals surface area (Å²) in [4.78, 5) is 4.57. The zero-order valence-corrected chi connectivity index (χ0v) is 12.8. The van der Waals surface area contributed by atoms with Crippen molar-refractivity contribution in [3.05, 3.63) is 70.7 Å². The fraction of sp³-hybridized carbons (Fsp3) is 0. The van der Waals surface area contributed by atoms with E-state index in [9.17, 15) is 0 Å². The summed E-state index contributed by atoms with van der Waals surface area (Å²) >= 11 is 2.37. The molecular weight excluding hydrogens is 356 g/mol. The van der Waals surface area contributed by atoms with Gasteiger partial charge in [-0.1, -0.05) is 36.4 Å².